The van der Waals surface area contributed by atoms with E-state index in [1.165, 1.54) is 24.9 Å². The average Bonchev–Trinajstić information content (AvgIpc) is 2.65. The number of hydrogen-bond acceptors (Lipinski definition) is 2. The molecule has 88 valence electrons. The predicted molar refractivity (Wildman–Crippen MR) is 67.4 cm³/mol. The molecule has 2 rings (SSSR count). The minimum atomic E-state index is 0.262. The minimum absolute atomic E-state index is 0.262. The van der Waals surface area contributed by atoms with Crippen LogP contribution in [0, 0.1) is 6.92 Å². The summed E-state index contributed by atoms with van der Waals surface area (Å²) in [6.07, 6.45) is 4.52. The Hall–Kier alpha value is -0.890. The molecule has 0 aliphatic carbocycles. The second kappa shape index (κ2) is 4.17. The fourth-order valence-corrected chi connectivity index (χ4v) is 2.69. The number of hydrogen-bond donors (Lipinski definition) is 0. The van der Waals surface area contributed by atoms with Gasteiger partial charge in [0, 0.05) is 23.5 Å². The Morgan fingerprint density at radius 1 is 1.38 bits per heavy atom. The zero-order chi connectivity index (χ0) is 11.8. The van der Waals surface area contributed by atoms with Crippen molar-refractivity contribution >= 4 is 0 Å². The molecule has 1 aliphatic heterocycles. The van der Waals surface area contributed by atoms with E-state index < -0.39 is 0 Å². The second-order valence-electron chi connectivity index (χ2n) is 5.75. The van der Waals surface area contributed by atoms with E-state index in [0.717, 1.165) is 5.69 Å². The molecule has 16 heavy (non-hydrogen) atoms. The van der Waals surface area contributed by atoms with E-state index in [-0.39, 0.29) is 5.54 Å². The van der Waals surface area contributed by atoms with E-state index in [1.54, 1.807) is 0 Å². The van der Waals surface area contributed by atoms with Crippen LogP contribution in [0.3, 0.4) is 0 Å². The number of likely N-dealkylation sites (tertiary alicyclic amines) is 1. The van der Waals surface area contributed by atoms with Crippen molar-refractivity contribution in [1.82, 2.24) is 9.88 Å². The van der Waals surface area contributed by atoms with Crippen molar-refractivity contribution in [3.05, 3.63) is 29.6 Å². The molecule has 1 unspecified atom stereocenters. The maximum atomic E-state index is 4.28. The van der Waals surface area contributed by atoms with Crippen molar-refractivity contribution in [2.75, 3.05) is 6.54 Å². The van der Waals surface area contributed by atoms with E-state index in [2.05, 4.69) is 49.7 Å². The topological polar surface area (TPSA) is 16.1 Å². The van der Waals surface area contributed by atoms with E-state index in [4.69, 9.17) is 0 Å². The van der Waals surface area contributed by atoms with Gasteiger partial charge in [0.2, 0.25) is 0 Å². The van der Waals surface area contributed by atoms with Gasteiger partial charge in [0.15, 0.2) is 0 Å². The van der Waals surface area contributed by atoms with Crippen LogP contribution in [0.5, 0.6) is 0 Å². The number of nitrogens with zero attached hydrogens (tertiary/aromatic N) is 2. The Labute approximate surface area is 98.7 Å². The standard InChI is InChI=1S/C14H22N2/c1-11-10-12(7-8-15-11)13-6-5-9-16(13)14(2,3)4/h7-8,10,13H,5-6,9H2,1-4H3. The summed E-state index contributed by atoms with van der Waals surface area (Å²) in [7, 11) is 0. The van der Waals surface area contributed by atoms with Crippen molar-refractivity contribution in [2.45, 2.75) is 52.1 Å². The maximum absolute atomic E-state index is 4.28. The zero-order valence-corrected chi connectivity index (χ0v) is 10.8. The molecular formula is C14H22N2. The van der Waals surface area contributed by atoms with Crippen LogP contribution in [0.2, 0.25) is 0 Å². The molecule has 1 aliphatic rings. The first-order valence-electron chi connectivity index (χ1n) is 6.18. The third kappa shape index (κ3) is 2.27. The van der Waals surface area contributed by atoms with E-state index in [0.29, 0.717) is 6.04 Å². The molecule has 1 aromatic rings. The van der Waals surface area contributed by atoms with Gasteiger partial charge in [-0.15, -0.1) is 0 Å². The molecule has 0 saturated carbocycles. The number of rotatable bonds is 1. The predicted octanol–water partition coefficient (Wildman–Crippen LogP) is 3.33. The molecule has 1 aromatic heterocycles. The molecule has 0 aromatic carbocycles. The Kier molecular flexibility index (Phi) is 3.02. The first kappa shape index (κ1) is 11.6. The summed E-state index contributed by atoms with van der Waals surface area (Å²) < 4.78 is 0. The van der Waals surface area contributed by atoms with Gasteiger partial charge in [-0.2, -0.15) is 0 Å². The molecule has 1 atom stereocenters. The number of aryl methyl sites for hydroxylation is 1. The first-order valence-corrected chi connectivity index (χ1v) is 6.18. The summed E-state index contributed by atoms with van der Waals surface area (Å²) in [6, 6.07) is 4.98. The van der Waals surface area contributed by atoms with Crippen LogP contribution in [0.1, 0.15) is 50.9 Å². The molecule has 0 spiro atoms. The van der Waals surface area contributed by atoms with E-state index in [1.807, 2.05) is 6.20 Å². The van der Waals surface area contributed by atoms with Gasteiger partial charge >= 0.3 is 0 Å². The van der Waals surface area contributed by atoms with Crippen molar-refractivity contribution in [2.24, 2.45) is 0 Å². The third-order valence-corrected chi connectivity index (χ3v) is 3.42. The summed E-state index contributed by atoms with van der Waals surface area (Å²) in [5.74, 6) is 0. The van der Waals surface area contributed by atoms with Crippen molar-refractivity contribution < 1.29 is 0 Å². The molecule has 0 N–H and O–H groups in total. The minimum Gasteiger partial charge on any atom is -0.291 e. The normalized spacial score (nSPS) is 22.6. The van der Waals surface area contributed by atoms with Crippen molar-refractivity contribution in [1.29, 1.82) is 0 Å². The summed E-state index contributed by atoms with van der Waals surface area (Å²) in [6.45, 7) is 10.2. The molecule has 0 amide bonds. The van der Waals surface area contributed by atoms with E-state index >= 15 is 0 Å². The lowest BCUT2D eigenvalue weighted by Crippen LogP contribution is -2.40. The summed E-state index contributed by atoms with van der Waals surface area (Å²) >= 11 is 0. The quantitative estimate of drug-likeness (QED) is 0.719. The molecule has 1 fully saturated rings. The van der Waals surface area contributed by atoms with Gasteiger partial charge < -0.3 is 0 Å². The zero-order valence-electron chi connectivity index (χ0n) is 10.8. The summed E-state index contributed by atoms with van der Waals surface area (Å²) in [5.41, 5.74) is 2.82. The van der Waals surface area contributed by atoms with Crippen LogP contribution in [0.25, 0.3) is 0 Å². The van der Waals surface area contributed by atoms with Crippen LogP contribution in [-0.2, 0) is 0 Å². The Balaban J connectivity index is 2.27. The van der Waals surface area contributed by atoms with Gasteiger partial charge in [0.1, 0.15) is 0 Å². The lowest BCUT2D eigenvalue weighted by molar-refractivity contribution is 0.121. The Morgan fingerprint density at radius 3 is 2.75 bits per heavy atom. The van der Waals surface area contributed by atoms with Gasteiger partial charge in [0.05, 0.1) is 0 Å². The second-order valence-corrected chi connectivity index (χ2v) is 5.75. The van der Waals surface area contributed by atoms with Crippen LogP contribution < -0.4 is 0 Å². The average molecular weight is 218 g/mol. The lowest BCUT2D eigenvalue weighted by atomic mass is 9.99. The van der Waals surface area contributed by atoms with Crippen LogP contribution in [-0.4, -0.2) is 22.0 Å². The number of aromatic nitrogens is 1. The van der Waals surface area contributed by atoms with Crippen molar-refractivity contribution in [3.8, 4) is 0 Å². The van der Waals surface area contributed by atoms with Gasteiger partial charge in [-0.3, -0.25) is 9.88 Å². The lowest BCUT2D eigenvalue weighted by Gasteiger charge is -2.37. The van der Waals surface area contributed by atoms with Gasteiger partial charge in [0.25, 0.3) is 0 Å². The van der Waals surface area contributed by atoms with Gasteiger partial charge in [-0.1, -0.05) is 0 Å². The van der Waals surface area contributed by atoms with Crippen molar-refractivity contribution in [3.63, 3.8) is 0 Å². The SMILES string of the molecule is Cc1cc(C2CCCN2C(C)(C)C)ccn1. The summed E-state index contributed by atoms with van der Waals surface area (Å²) in [5, 5.41) is 0. The van der Waals surface area contributed by atoms with Gasteiger partial charge in [-0.05, 0) is 64.8 Å². The maximum Gasteiger partial charge on any atom is 0.0375 e. The van der Waals surface area contributed by atoms with Crippen LogP contribution >= 0.6 is 0 Å². The fraction of sp³-hybridized carbons (Fsp3) is 0.643. The highest BCUT2D eigenvalue weighted by Gasteiger charge is 2.33. The molecular weight excluding hydrogens is 196 g/mol. The number of pyridine rings is 1. The highest BCUT2D eigenvalue weighted by atomic mass is 15.2. The summed E-state index contributed by atoms with van der Waals surface area (Å²) in [4.78, 5) is 6.89. The third-order valence-electron chi connectivity index (χ3n) is 3.42. The molecule has 0 bridgehead atoms. The Morgan fingerprint density at radius 2 is 2.12 bits per heavy atom. The smallest absolute Gasteiger partial charge is 0.0375 e. The van der Waals surface area contributed by atoms with E-state index in [9.17, 15) is 0 Å². The molecule has 2 heterocycles. The molecule has 1 saturated heterocycles. The first-order chi connectivity index (χ1) is 7.48. The Bertz CT molecular complexity index is 365. The molecule has 0 radical (unpaired) electrons. The van der Waals surface area contributed by atoms with Gasteiger partial charge in [-0.25, -0.2) is 0 Å². The highest BCUT2D eigenvalue weighted by Crippen LogP contribution is 2.36. The monoisotopic (exact) mass is 218 g/mol. The molecule has 2 nitrogen and oxygen atoms in total. The van der Waals surface area contributed by atoms with Crippen LogP contribution in [0.4, 0.5) is 0 Å². The van der Waals surface area contributed by atoms with Crippen LogP contribution in [0.15, 0.2) is 18.3 Å². The largest absolute Gasteiger partial charge is 0.291 e. The highest BCUT2D eigenvalue weighted by molar-refractivity contribution is 5.21. The molecule has 2 heteroatoms. The fourth-order valence-electron chi connectivity index (χ4n) is 2.69.